The van der Waals surface area contributed by atoms with Gasteiger partial charge in [-0.15, -0.1) is 0 Å². The van der Waals surface area contributed by atoms with Crippen molar-refractivity contribution in [2.75, 3.05) is 13.2 Å². The maximum absolute atomic E-state index is 12.7. The van der Waals surface area contributed by atoms with Crippen molar-refractivity contribution in [3.63, 3.8) is 0 Å². The van der Waals surface area contributed by atoms with Crippen LogP contribution in [0.5, 0.6) is 0 Å². The highest BCUT2D eigenvalue weighted by Gasteiger charge is 2.19. The first-order valence-electron chi connectivity index (χ1n) is 23.1. The molecule has 0 N–H and O–H groups in total. The quantitative estimate of drug-likeness (QED) is 0.0267. The minimum Gasteiger partial charge on any atom is -0.462 e. The van der Waals surface area contributed by atoms with Gasteiger partial charge in [-0.05, 0) is 64.2 Å². The van der Waals surface area contributed by atoms with E-state index in [4.69, 9.17) is 14.2 Å². The van der Waals surface area contributed by atoms with Crippen LogP contribution in [0.2, 0.25) is 0 Å². The Balaban J connectivity index is 4.35. The molecule has 0 aliphatic heterocycles. The lowest BCUT2D eigenvalue weighted by atomic mass is 10.0. The zero-order valence-electron chi connectivity index (χ0n) is 36.2. The second-order valence-electron chi connectivity index (χ2n) is 15.3. The van der Waals surface area contributed by atoms with Crippen LogP contribution in [0.25, 0.3) is 0 Å². The molecule has 0 aromatic carbocycles. The summed E-state index contributed by atoms with van der Waals surface area (Å²) in [5.74, 6) is -0.992. The van der Waals surface area contributed by atoms with Gasteiger partial charge in [0.2, 0.25) is 0 Å². The van der Waals surface area contributed by atoms with Crippen LogP contribution in [-0.4, -0.2) is 37.2 Å². The van der Waals surface area contributed by atoms with Gasteiger partial charge in [-0.1, -0.05) is 191 Å². The van der Waals surface area contributed by atoms with Crippen molar-refractivity contribution in [3.8, 4) is 0 Å². The van der Waals surface area contributed by atoms with Gasteiger partial charge in [-0.3, -0.25) is 14.4 Å². The molecule has 0 fully saturated rings. The van der Waals surface area contributed by atoms with Crippen molar-refractivity contribution in [1.29, 1.82) is 0 Å². The lowest BCUT2D eigenvalue weighted by Gasteiger charge is -2.18. The molecule has 0 saturated heterocycles. The maximum atomic E-state index is 12.7. The molecule has 0 aromatic heterocycles. The number of carbonyl (C=O) groups is 3. The fraction of sp³-hybridized carbons (Fsp3) is 0.776. The first-order valence-corrected chi connectivity index (χ1v) is 23.1. The highest BCUT2D eigenvalue weighted by Crippen LogP contribution is 2.15. The molecular formula is C49H86O6. The summed E-state index contributed by atoms with van der Waals surface area (Å²) in [6.07, 6.45) is 51.2. The molecule has 0 aromatic rings. The Kier molecular flexibility index (Phi) is 42.0. The summed E-state index contributed by atoms with van der Waals surface area (Å²) in [6.45, 7) is 6.41. The van der Waals surface area contributed by atoms with Crippen LogP contribution in [0.4, 0.5) is 0 Å². The number of rotatable bonds is 41. The van der Waals surface area contributed by atoms with E-state index in [0.717, 1.165) is 57.8 Å². The molecule has 6 nitrogen and oxygen atoms in total. The standard InChI is InChI=1S/C49H86O6/c1-4-7-10-13-16-19-21-22-23-24-25-26-28-30-33-36-39-42-48(51)54-45-46(44-53-47(50)41-38-35-32-29-18-15-12-9-6-3)55-49(52)43-40-37-34-31-27-20-17-14-11-8-5-2/h8,11,17,20,29,31-32,34,46H,4-7,9-10,12-16,18-19,21-28,30,33,35-45H2,1-3H3/b11-8-,20-17-,32-29-,34-31-. The van der Waals surface area contributed by atoms with Crippen molar-refractivity contribution in [2.24, 2.45) is 0 Å². The number of unbranched alkanes of at least 4 members (excludes halogenated alkanes) is 22. The molecule has 0 radical (unpaired) electrons. The number of hydrogen-bond donors (Lipinski definition) is 0. The topological polar surface area (TPSA) is 78.9 Å². The Bertz CT molecular complexity index is 980. The van der Waals surface area contributed by atoms with Gasteiger partial charge in [0.15, 0.2) is 6.10 Å². The van der Waals surface area contributed by atoms with Gasteiger partial charge in [0.25, 0.3) is 0 Å². The molecule has 0 aliphatic carbocycles. The zero-order chi connectivity index (χ0) is 40.1. The average Bonchev–Trinajstić information content (AvgIpc) is 3.18. The highest BCUT2D eigenvalue weighted by atomic mass is 16.6. The summed E-state index contributed by atoms with van der Waals surface area (Å²) < 4.78 is 16.6. The second kappa shape index (κ2) is 44.1. The molecule has 55 heavy (non-hydrogen) atoms. The number of allylic oxidation sites excluding steroid dienone is 8. The summed E-state index contributed by atoms with van der Waals surface area (Å²) >= 11 is 0. The number of carbonyl (C=O) groups excluding carboxylic acids is 3. The second-order valence-corrected chi connectivity index (χ2v) is 15.3. The lowest BCUT2D eigenvalue weighted by molar-refractivity contribution is -0.167. The van der Waals surface area contributed by atoms with Crippen molar-refractivity contribution in [3.05, 3.63) is 48.6 Å². The van der Waals surface area contributed by atoms with E-state index >= 15 is 0 Å². The SMILES string of the molecule is CC/C=C\C/C=C\C/C=C\CCCC(=O)OC(COC(=O)CCC/C=C\CCCCCC)COC(=O)CCCCCCCCCCCCCCCCCCC. The highest BCUT2D eigenvalue weighted by molar-refractivity contribution is 5.71. The summed E-state index contributed by atoms with van der Waals surface area (Å²) in [5, 5.41) is 0. The predicted molar refractivity (Wildman–Crippen MR) is 233 cm³/mol. The zero-order valence-corrected chi connectivity index (χ0v) is 36.2. The largest absolute Gasteiger partial charge is 0.462 e. The molecule has 6 heteroatoms. The van der Waals surface area contributed by atoms with E-state index in [1.165, 1.54) is 116 Å². The Labute approximate surface area is 339 Å². The van der Waals surface area contributed by atoms with Crippen molar-refractivity contribution < 1.29 is 28.6 Å². The molecule has 0 amide bonds. The van der Waals surface area contributed by atoms with E-state index in [9.17, 15) is 14.4 Å². The third kappa shape index (κ3) is 42.4. The lowest BCUT2D eigenvalue weighted by Crippen LogP contribution is -2.30. The minimum absolute atomic E-state index is 0.0999. The Hall–Kier alpha value is -2.63. The van der Waals surface area contributed by atoms with Crippen LogP contribution in [0.3, 0.4) is 0 Å². The van der Waals surface area contributed by atoms with Crippen LogP contribution < -0.4 is 0 Å². The molecule has 0 bridgehead atoms. The van der Waals surface area contributed by atoms with Crippen molar-refractivity contribution in [1.82, 2.24) is 0 Å². The molecule has 0 heterocycles. The summed E-state index contributed by atoms with van der Waals surface area (Å²) in [6, 6.07) is 0. The number of ether oxygens (including phenoxy) is 3. The van der Waals surface area contributed by atoms with E-state index in [1.54, 1.807) is 0 Å². The summed E-state index contributed by atoms with van der Waals surface area (Å²) in [7, 11) is 0. The molecule has 0 aliphatic rings. The molecule has 0 spiro atoms. The van der Waals surface area contributed by atoms with Crippen LogP contribution >= 0.6 is 0 Å². The van der Waals surface area contributed by atoms with E-state index < -0.39 is 6.10 Å². The first kappa shape index (κ1) is 52.4. The van der Waals surface area contributed by atoms with Crippen LogP contribution in [0, 0.1) is 0 Å². The van der Waals surface area contributed by atoms with Crippen LogP contribution in [0.1, 0.15) is 226 Å². The smallest absolute Gasteiger partial charge is 0.306 e. The molecule has 318 valence electrons. The van der Waals surface area contributed by atoms with E-state index in [2.05, 4.69) is 69.4 Å². The van der Waals surface area contributed by atoms with Gasteiger partial charge >= 0.3 is 17.9 Å². The number of esters is 3. The normalized spacial score (nSPS) is 12.4. The molecule has 0 rings (SSSR count). The number of hydrogen-bond acceptors (Lipinski definition) is 6. The molecule has 0 saturated carbocycles. The first-order chi connectivity index (χ1) is 27.0. The Morgan fingerprint density at radius 3 is 1.20 bits per heavy atom. The van der Waals surface area contributed by atoms with Crippen molar-refractivity contribution >= 4 is 17.9 Å². The molecule has 1 unspecified atom stereocenters. The summed E-state index contributed by atoms with van der Waals surface area (Å²) in [4.78, 5) is 37.6. The fourth-order valence-electron chi connectivity index (χ4n) is 6.35. The van der Waals surface area contributed by atoms with E-state index in [1.807, 2.05) is 0 Å². The van der Waals surface area contributed by atoms with E-state index in [0.29, 0.717) is 25.7 Å². The van der Waals surface area contributed by atoms with Gasteiger partial charge < -0.3 is 14.2 Å². The Morgan fingerprint density at radius 2 is 0.727 bits per heavy atom. The molecular weight excluding hydrogens is 685 g/mol. The van der Waals surface area contributed by atoms with Gasteiger partial charge in [0, 0.05) is 19.3 Å². The average molecular weight is 771 g/mol. The van der Waals surface area contributed by atoms with Crippen LogP contribution in [0.15, 0.2) is 48.6 Å². The Morgan fingerprint density at radius 1 is 0.382 bits per heavy atom. The molecule has 1 atom stereocenters. The summed E-state index contributed by atoms with van der Waals surface area (Å²) in [5.41, 5.74) is 0. The third-order valence-corrected chi connectivity index (χ3v) is 9.82. The fourth-order valence-corrected chi connectivity index (χ4v) is 6.35. The monoisotopic (exact) mass is 771 g/mol. The van der Waals surface area contributed by atoms with Gasteiger partial charge in [0.05, 0.1) is 0 Å². The van der Waals surface area contributed by atoms with Gasteiger partial charge in [-0.2, -0.15) is 0 Å². The van der Waals surface area contributed by atoms with Crippen molar-refractivity contribution in [2.45, 2.75) is 232 Å². The van der Waals surface area contributed by atoms with E-state index in [-0.39, 0.29) is 37.5 Å². The van der Waals surface area contributed by atoms with Crippen LogP contribution in [-0.2, 0) is 28.6 Å². The predicted octanol–water partition coefficient (Wildman–Crippen LogP) is 14.8. The third-order valence-electron chi connectivity index (χ3n) is 9.82. The van der Waals surface area contributed by atoms with Gasteiger partial charge in [-0.25, -0.2) is 0 Å². The van der Waals surface area contributed by atoms with Gasteiger partial charge in [0.1, 0.15) is 13.2 Å². The minimum atomic E-state index is -0.804. The maximum Gasteiger partial charge on any atom is 0.306 e.